The van der Waals surface area contributed by atoms with Gasteiger partial charge >= 0.3 is 0 Å². The van der Waals surface area contributed by atoms with E-state index >= 15 is 0 Å². The van der Waals surface area contributed by atoms with Crippen LogP contribution in [0.2, 0.25) is 0 Å². The Morgan fingerprint density at radius 2 is 1.50 bits per heavy atom. The molecule has 0 aliphatic heterocycles. The first kappa shape index (κ1) is 10.9. The van der Waals surface area contributed by atoms with Gasteiger partial charge in [-0.15, -0.1) is 0 Å². The van der Waals surface area contributed by atoms with Gasteiger partial charge in [0.1, 0.15) is 0 Å². The fourth-order valence-corrected chi connectivity index (χ4v) is 1.62. The van der Waals surface area contributed by atoms with Crippen molar-refractivity contribution in [3.63, 3.8) is 0 Å². The molecule has 2 aromatic rings. The van der Waals surface area contributed by atoms with Crippen LogP contribution in [0.25, 0.3) is 11.3 Å². The van der Waals surface area contributed by atoms with Gasteiger partial charge in [-0.1, -0.05) is 57.2 Å². The van der Waals surface area contributed by atoms with E-state index in [1.165, 1.54) is 5.56 Å². The second-order valence-corrected chi connectivity index (χ2v) is 5.02. The summed E-state index contributed by atoms with van der Waals surface area (Å²) in [5, 5.41) is 0. The monoisotopic (exact) mass is 211 g/mol. The molecule has 0 aliphatic rings. The molecular weight excluding hydrogens is 194 g/mol. The molecule has 1 heterocycles. The summed E-state index contributed by atoms with van der Waals surface area (Å²) in [5.41, 5.74) is 3.46. The normalized spacial score (nSPS) is 11.4. The van der Waals surface area contributed by atoms with Crippen molar-refractivity contribution in [2.45, 2.75) is 26.2 Å². The summed E-state index contributed by atoms with van der Waals surface area (Å²) in [5.74, 6) is 0. The van der Waals surface area contributed by atoms with Crippen LogP contribution in [-0.2, 0) is 5.41 Å². The molecule has 0 saturated heterocycles. The third-order valence-electron chi connectivity index (χ3n) is 2.59. The number of pyridine rings is 1. The summed E-state index contributed by atoms with van der Waals surface area (Å²) in [6, 6.07) is 16.5. The van der Waals surface area contributed by atoms with Gasteiger partial charge < -0.3 is 0 Å². The highest BCUT2D eigenvalue weighted by Crippen LogP contribution is 2.23. The summed E-state index contributed by atoms with van der Waals surface area (Å²) in [6.07, 6.45) is 0. The molecule has 16 heavy (non-hydrogen) atoms. The zero-order valence-corrected chi connectivity index (χ0v) is 10.1. The molecular formula is C15H17N. The molecule has 0 radical (unpaired) electrons. The molecule has 0 aliphatic carbocycles. The first-order chi connectivity index (χ1) is 7.57. The van der Waals surface area contributed by atoms with Gasteiger partial charge in [0.15, 0.2) is 0 Å². The maximum atomic E-state index is 4.71. The van der Waals surface area contributed by atoms with E-state index in [-0.39, 0.29) is 5.41 Å². The predicted molar refractivity (Wildman–Crippen MR) is 68.4 cm³/mol. The first-order valence-electron chi connectivity index (χ1n) is 5.60. The van der Waals surface area contributed by atoms with E-state index in [2.05, 4.69) is 51.1 Å². The van der Waals surface area contributed by atoms with Crippen molar-refractivity contribution >= 4 is 0 Å². The van der Waals surface area contributed by atoms with Gasteiger partial charge in [-0.3, -0.25) is 4.98 Å². The quantitative estimate of drug-likeness (QED) is 0.693. The minimum atomic E-state index is 0.102. The van der Waals surface area contributed by atoms with E-state index in [4.69, 9.17) is 4.98 Å². The highest BCUT2D eigenvalue weighted by atomic mass is 14.7. The standard InChI is InChI=1S/C15H17N/c1-15(2,3)14-11-7-10-13(16-14)12-8-5-4-6-9-12/h4-11H,1-3H3. The predicted octanol–water partition coefficient (Wildman–Crippen LogP) is 4.05. The van der Waals surface area contributed by atoms with Crippen molar-refractivity contribution in [2.75, 3.05) is 0 Å². The Bertz CT molecular complexity index is 466. The molecule has 1 aromatic carbocycles. The molecule has 1 aromatic heterocycles. The third-order valence-corrected chi connectivity index (χ3v) is 2.59. The zero-order chi connectivity index (χ0) is 11.6. The second kappa shape index (κ2) is 4.09. The highest BCUT2D eigenvalue weighted by molar-refractivity contribution is 5.58. The first-order valence-corrected chi connectivity index (χ1v) is 5.60. The number of hydrogen-bond acceptors (Lipinski definition) is 1. The van der Waals surface area contributed by atoms with Crippen LogP contribution in [0.5, 0.6) is 0 Å². The van der Waals surface area contributed by atoms with Crippen molar-refractivity contribution in [1.82, 2.24) is 4.98 Å². The number of benzene rings is 1. The van der Waals surface area contributed by atoms with Crippen LogP contribution in [0.3, 0.4) is 0 Å². The van der Waals surface area contributed by atoms with Crippen LogP contribution < -0.4 is 0 Å². The molecule has 0 unspecified atom stereocenters. The van der Waals surface area contributed by atoms with Crippen LogP contribution in [0, 0.1) is 0 Å². The lowest BCUT2D eigenvalue weighted by molar-refractivity contribution is 0.570. The topological polar surface area (TPSA) is 12.9 Å². The van der Waals surface area contributed by atoms with Crippen LogP contribution in [0.4, 0.5) is 0 Å². The molecule has 0 atom stereocenters. The number of aromatic nitrogens is 1. The molecule has 0 saturated carbocycles. The van der Waals surface area contributed by atoms with Gasteiger partial charge in [-0.05, 0) is 12.1 Å². The average Bonchev–Trinajstić information content (AvgIpc) is 2.29. The molecule has 0 amide bonds. The minimum Gasteiger partial charge on any atom is -0.252 e. The highest BCUT2D eigenvalue weighted by Gasteiger charge is 2.15. The lowest BCUT2D eigenvalue weighted by atomic mass is 9.91. The Balaban J connectivity index is 2.45. The third kappa shape index (κ3) is 2.30. The van der Waals surface area contributed by atoms with Crippen LogP contribution >= 0.6 is 0 Å². The Hall–Kier alpha value is -1.63. The number of nitrogens with zero attached hydrogens (tertiary/aromatic N) is 1. The van der Waals surface area contributed by atoms with Crippen LogP contribution in [-0.4, -0.2) is 4.98 Å². The molecule has 0 spiro atoms. The summed E-state index contributed by atoms with van der Waals surface area (Å²) in [6.45, 7) is 6.55. The van der Waals surface area contributed by atoms with Crippen molar-refractivity contribution in [3.05, 3.63) is 54.2 Å². The van der Waals surface area contributed by atoms with Crippen molar-refractivity contribution < 1.29 is 0 Å². The van der Waals surface area contributed by atoms with Gasteiger partial charge in [0.25, 0.3) is 0 Å². The van der Waals surface area contributed by atoms with Gasteiger partial charge in [-0.25, -0.2) is 0 Å². The van der Waals surface area contributed by atoms with Gasteiger partial charge in [0.2, 0.25) is 0 Å². The average molecular weight is 211 g/mol. The minimum absolute atomic E-state index is 0.102. The largest absolute Gasteiger partial charge is 0.252 e. The Labute approximate surface area is 97.2 Å². The Morgan fingerprint density at radius 1 is 0.812 bits per heavy atom. The molecule has 1 heteroatoms. The molecule has 2 rings (SSSR count). The van der Waals surface area contributed by atoms with Crippen molar-refractivity contribution in [3.8, 4) is 11.3 Å². The van der Waals surface area contributed by atoms with Gasteiger partial charge in [0.05, 0.1) is 5.69 Å². The van der Waals surface area contributed by atoms with Crippen LogP contribution in [0.1, 0.15) is 26.5 Å². The summed E-state index contributed by atoms with van der Waals surface area (Å²) in [4.78, 5) is 4.71. The van der Waals surface area contributed by atoms with E-state index in [9.17, 15) is 0 Å². The van der Waals surface area contributed by atoms with E-state index < -0.39 is 0 Å². The molecule has 0 N–H and O–H groups in total. The maximum Gasteiger partial charge on any atom is 0.0705 e. The molecule has 0 bridgehead atoms. The Kier molecular flexibility index (Phi) is 2.78. The maximum absolute atomic E-state index is 4.71. The second-order valence-electron chi connectivity index (χ2n) is 5.02. The molecule has 1 nitrogen and oxygen atoms in total. The van der Waals surface area contributed by atoms with E-state index in [0.29, 0.717) is 0 Å². The SMILES string of the molecule is CC(C)(C)c1cccc(-c2ccccc2)n1. The van der Waals surface area contributed by atoms with Gasteiger partial charge in [-0.2, -0.15) is 0 Å². The summed E-state index contributed by atoms with van der Waals surface area (Å²) in [7, 11) is 0. The number of hydrogen-bond donors (Lipinski definition) is 0. The fourth-order valence-electron chi connectivity index (χ4n) is 1.62. The summed E-state index contributed by atoms with van der Waals surface area (Å²) >= 11 is 0. The lowest BCUT2D eigenvalue weighted by Gasteiger charge is -2.18. The number of rotatable bonds is 1. The van der Waals surface area contributed by atoms with Crippen molar-refractivity contribution in [2.24, 2.45) is 0 Å². The Morgan fingerprint density at radius 3 is 2.12 bits per heavy atom. The van der Waals surface area contributed by atoms with E-state index in [1.807, 2.05) is 18.2 Å². The van der Waals surface area contributed by atoms with Gasteiger partial charge in [0, 0.05) is 16.7 Å². The van der Waals surface area contributed by atoms with Crippen LogP contribution in [0.15, 0.2) is 48.5 Å². The van der Waals surface area contributed by atoms with Crippen molar-refractivity contribution in [1.29, 1.82) is 0 Å². The fraction of sp³-hybridized carbons (Fsp3) is 0.267. The van der Waals surface area contributed by atoms with E-state index in [1.54, 1.807) is 0 Å². The smallest absolute Gasteiger partial charge is 0.0705 e. The lowest BCUT2D eigenvalue weighted by Crippen LogP contribution is -2.13. The van der Waals surface area contributed by atoms with E-state index in [0.717, 1.165) is 11.4 Å². The summed E-state index contributed by atoms with van der Waals surface area (Å²) < 4.78 is 0. The zero-order valence-electron chi connectivity index (χ0n) is 10.1. The molecule has 0 fully saturated rings. The molecule has 82 valence electrons.